The van der Waals surface area contributed by atoms with Gasteiger partial charge in [0, 0.05) is 18.4 Å². The van der Waals surface area contributed by atoms with E-state index in [0.717, 1.165) is 22.5 Å². The first-order valence-electron chi connectivity index (χ1n) is 8.95. The third-order valence-corrected chi connectivity index (χ3v) is 4.24. The van der Waals surface area contributed by atoms with E-state index >= 15 is 0 Å². The highest BCUT2D eigenvalue weighted by Crippen LogP contribution is 2.28. The van der Waals surface area contributed by atoms with Gasteiger partial charge in [0.25, 0.3) is 5.91 Å². The summed E-state index contributed by atoms with van der Waals surface area (Å²) in [5.74, 6) is 0.182. The summed E-state index contributed by atoms with van der Waals surface area (Å²) in [6.45, 7) is 2.44. The molecule has 0 bridgehead atoms. The molecule has 144 valence electrons. The minimum atomic E-state index is -0.272. The summed E-state index contributed by atoms with van der Waals surface area (Å²) in [4.78, 5) is 16.5. The number of benzene rings is 2. The molecule has 2 N–H and O–H groups in total. The number of hydrogen-bond acceptors (Lipinski definition) is 4. The molecular weight excluding hydrogens is 357 g/mol. The van der Waals surface area contributed by atoms with E-state index in [2.05, 4.69) is 15.6 Å². The summed E-state index contributed by atoms with van der Waals surface area (Å²) in [7, 11) is 1.61. The summed E-state index contributed by atoms with van der Waals surface area (Å²) < 4.78 is 18.3. The number of halogens is 1. The third-order valence-electron chi connectivity index (χ3n) is 4.24. The maximum Gasteiger partial charge on any atom is 0.269 e. The van der Waals surface area contributed by atoms with Crippen molar-refractivity contribution in [3.05, 3.63) is 83.4 Å². The molecule has 0 aliphatic heterocycles. The standard InChI is InChI=1S/C22H22FN3O2/c1-15-3-8-21(28-2)19(13-15)26-18-10-12-24-20(14-18)22(27)25-11-9-16-4-6-17(23)7-5-16/h3-8,10,12-14H,9,11H2,1-2H3,(H,24,26)(H,25,27). The van der Waals surface area contributed by atoms with Gasteiger partial charge >= 0.3 is 0 Å². The highest BCUT2D eigenvalue weighted by atomic mass is 19.1. The number of hydrogen-bond donors (Lipinski definition) is 2. The molecule has 0 radical (unpaired) electrons. The molecule has 0 unspecified atom stereocenters. The van der Waals surface area contributed by atoms with E-state index in [1.54, 1.807) is 37.6 Å². The van der Waals surface area contributed by atoms with E-state index in [0.29, 0.717) is 24.4 Å². The third kappa shape index (κ3) is 5.07. The molecular formula is C22H22FN3O2. The van der Waals surface area contributed by atoms with Crippen LogP contribution < -0.4 is 15.4 Å². The van der Waals surface area contributed by atoms with Crippen molar-refractivity contribution in [1.29, 1.82) is 0 Å². The Kier molecular flexibility index (Phi) is 6.22. The lowest BCUT2D eigenvalue weighted by molar-refractivity contribution is 0.0949. The smallest absolute Gasteiger partial charge is 0.269 e. The lowest BCUT2D eigenvalue weighted by Gasteiger charge is -2.12. The molecule has 0 spiro atoms. The molecule has 0 aliphatic rings. The molecule has 5 nitrogen and oxygen atoms in total. The molecule has 3 rings (SSSR count). The number of aromatic nitrogens is 1. The average Bonchev–Trinajstić information content (AvgIpc) is 2.70. The van der Waals surface area contributed by atoms with Crippen LogP contribution in [0.4, 0.5) is 15.8 Å². The van der Waals surface area contributed by atoms with Gasteiger partial charge in [-0.05, 0) is 60.9 Å². The number of methoxy groups -OCH3 is 1. The summed E-state index contributed by atoms with van der Waals surface area (Å²) in [6, 6.07) is 15.5. The Balaban J connectivity index is 1.63. The molecule has 1 heterocycles. The van der Waals surface area contributed by atoms with Gasteiger partial charge < -0.3 is 15.4 Å². The topological polar surface area (TPSA) is 63.2 Å². The molecule has 0 saturated heterocycles. The lowest BCUT2D eigenvalue weighted by atomic mass is 10.1. The van der Waals surface area contributed by atoms with Crippen LogP contribution in [0.5, 0.6) is 5.75 Å². The minimum Gasteiger partial charge on any atom is -0.495 e. The van der Waals surface area contributed by atoms with Crippen molar-refractivity contribution in [3.63, 3.8) is 0 Å². The van der Waals surface area contributed by atoms with Crippen molar-refractivity contribution in [2.24, 2.45) is 0 Å². The van der Waals surface area contributed by atoms with Crippen LogP contribution in [0, 0.1) is 12.7 Å². The zero-order valence-corrected chi connectivity index (χ0v) is 15.8. The van der Waals surface area contributed by atoms with Crippen molar-refractivity contribution >= 4 is 17.3 Å². The fourth-order valence-corrected chi connectivity index (χ4v) is 2.77. The number of nitrogens with one attached hydrogen (secondary N) is 2. The van der Waals surface area contributed by atoms with Gasteiger partial charge in [-0.15, -0.1) is 0 Å². The van der Waals surface area contributed by atoms with Gasteiger partial charge in [-0.3, -0.25) is 9.78 Å². The van der Waals surface area contributed by atoms with Crippen molar-refractivity contribution in [3.8, 4) is 5.75 Å². The van der Waals surface area contributed by atoms with Gasteiger partial charge in [-0.2, -0.15) is 0 Å². The van der Waals surface area contributed by atoms with Crippen LogP contribution in [0.3, 0.4) is 0 Å². The molecule has 1 aromatic heterocycles. The minimum absolute atomic E-state index is 0.262. The summed E-state index contributed by atoms with van der Waals surface area (Å²) in [5, 5.41) is 6.10. The first kappa shape index (κ1) is 19.4. The van der Waals surface area contributed by atoms with Gasteiger partial charge in [-0.1, -0.05) is 18.2 Å². The fraction of sp³-hybridized carbons (Fsp3) is 0.182. The molecule has 0 saturated carbocycles. The van der Waals surface area contributed by atoms with Gasteiger partial charge in [0.15, 0.2) is 0 Å². The van der Waals surface area contributed by atoms with Crippen LogP contribution in [-0.4, -0.2) is 24.5 Å². The maximum absolute atomic E-state index is 12.9. The predicted octanol–water partition coefficient (Wildman–Crippen LogP) is 4.25. The molecule has 0 atom stereocenters. The number of ether oxygens (including phenoxy) is 1. The number of anilines is 2. The van der Waals surface area contributed by atoms with Crippen LogP contribution >= 0.6 is 0 Å². The van der Waals surface area contributed by atoms with Gasteiger partial charge in [0.2, 0.25) is 0 Å². The number of carbonyl (C=O) groups excluding carboxylic acids is 1. The van der Waals surface area contributed by atoms with Crippen LogP contribution in [0.2, 0.25) is 0 Å². The van der Waals surface area contributed by atoms with Gasteiger partial charge in [0.1, 0.15) is 17.3 Å². The van der Waals surface area contributed by atoms with Crippen LogP contribution in [0.25, 0.3) is 0 Å². The predicted molar refractivity (Wildman–Crippen MR) is 108 cm³/mol. The first-order chi connectivity index (χ1) is 13.5. The monoisotopic (exact) mass is 379 g/mol. The largest absolute Gasteiger partial charge is 0.495 e. The Morgan fingerprint density at radius 3 is 2.64 bits per heavy atom. The van der Waals surface area contributed by atoms with E-state index in [-0.39, 0.29) is 11.7 Å². The zero-order valence-electron chi connectivity index (χ0n) is 15.8. The number of rotatable bonds is 7. The number of nitrogens with zero attached hydrogens (tertiary/aromatic N) is 1. The number of amides is 1. The molecule has 28 heavy (non-hydrogen) atoms. The van der Waals surface area contributed by atoms with Crippen molar-refractivity contribution in [2.75, 3.05) is 19.0 Å². The summed E-state index contributed by atoms with van der Waals surface area (Å²) in [5.41, 5.74) is 3.92. The van der Waals surface area contributed by atoms with Crippen molar-refractivity contribution < 1.29 is 13.9 Å². The van der Waals surface area contributed by atoms with Crippen LogP contribution in [0.1, 0.15) is 21.6 Å². The van der Waals surface area contributed by atoms with Crippen molar-refractivity contribution in [1.82, 2.24) is 10.3 Å². The lowest BCUT2D eigenvalue weighted by Crippen LogP contribution is -2.26. The average molecular weight is 379 g/mol. The molecule has 3 aromatic rings. The van der Waals surface area contributed by atoms with Gasteiger partial charge in [0.05, 0.1) is 12.8 Å². The highest BCUT2D eigenvalue weighted by Gasteiger charge is 2.09. The number of aryl methyl sites for hydroxylation is 1. The molecule has 1 amide bonds. The second kappa shape index (κ2) is 8.99. The quantitative estimate of drug-likeness (QED) is 0.644. The Morgan fingerprint density at radius 2 is 1.89 bits per heavy atom. The van der Waals surface area contributed by atoms with Crippen LogP contribution in [-0.2, 0) is 6.42 Å². The second-order valence-corrected chi connectivity index (χ2v) is 6.39. The molecule has 2 aromatic carbocycles. The van der Waals surface area contributed by atoms with E-state index in [4.69, 9.17) is 4.74 Å². The fourth-order valence-electron chi connectivity index (χ4n) is 2.77. The number of pyridine rings is 1. The first-order valence-corrected chi connectivity index (χ1v) is 8.95. The van der Waals surface area contributed by atoms with Crippen LogP contribution in [0.15, 0.2) is 60.8 Å². The summed E-state index contributed by atoms with van der Waals surface area (Å²) in [6.07, 6.45) is 2.20. The molecule has 0 aliphatic carbocycles. The Morgan fingerprint density at radius 1 is 1.11 bits per heavy atom. The SMILES string of the molecule is COc1ccc(C)cc1Nc1ccnc(C(=O)NCCc2ccc(F)cc2)c1. The Hall–Kier alpha value is -3.41. The Labute approximate surface area is 163 Å². The molecule has 6 heteroatoms. The normalized spacial score (nSPS) is 10.4. The van der Waals surface area contributed by atoms with Crippen molar-refractivity contribution in [2.45, 2.75) is 13.3 Å². The van der Waals surface area contributed by atoms with Gasteiger partial charge in [-0.25, -0.2) is 4.39 Å². The van der Waals surface area contributed by atoms with E-state index in [9.17, 15) is 9.18 Å². The van der Waals surface area contributed by atoms with E-state index in [1.807, 2.05) is 25.1 Å². The maximum atomic E-state index is 12.9. The molecule has 0 fully saturated rings. The van der Waals surface area contributed by atoms with E-state index < -0.39 is 0 Å². The Bertz CT molecular complexity index is 958. The highest BCUT2D eigenvalue weighted by molar-refractivity contribution is 5.93. The zero-order chi connectivity index (χ0) is 19.9. The second-order valence-electron chi connectivity index (χ2n) is 6.39. The summed E-state index contributed by atoms with van der Waals surface area (Å²) >= 11 is 0. The number of carbonyl (C=O) groups is 1. The van der Waals surface area contributed by atoms with E-state index in [1.165, 1.54) is 12.1 Å².